The van der Waals surface area contributed by atoms with Gasteiger partial charge in [0.25, 0.3) is 0 Å². The Hall–Kier alpha value is -0.0100. The van der Waals surface area contributed by atoms with Crippen molar-refractivity contribution in [2.45, 2.75) is 13.0 Å². The topological polar surface area (TPSA) is 54.4 Å². The Morgan fingerprint density at radius 3 is 3.07 bits per heavy atom. The van der Waals surface area contributed by atoms with Gasteiger partial charge in [-0.05, 0) is 22.9 Å². The maximum Gasteiger partial charge on any atom is 0.110 e. The molecule has 0 amide bonds. The molecule has 0 saturated heterocycles. The molecular weight excluding hydrogens is 280 g/mol. The first kappa shape index (κ1) is 13.1. The fraction of sp³-hybridized carbons (Fsp3) is 0.667. The Labute approximate surface area is 102 Å². The SMILES string of the molecule is CC(NCCOCCO)c1ncc(Br)s1. The number of aromatic nitrogens is 1. The van der Waals surface area contributed by atoms with Crippen molar-refractivity contribution >= 4 is 27.3 Å². The molecule has 0 fully saturated rings. The van der Waals surface area contributed by atoms with Gasteiger partial charge in [0.15, 0.2) is 0 Å². The van der Waals surface area contributed by atoms with Crippen LogP contribution in [0.1, 0.15) is 18.0 Å². The summed E-state index contributed by atoms with van der Waals surface area (Å²) in [4.78, 5) is 4.26. The second-order valence-corrected chi connectivity index (χ2v) is 5.46. The molecule has 1 atom stereocenters. The van der Waals surface area contributed by atoms with Gasteiger partial charge >= 0.3 is 0 Å². The van der Waals surface area contributed by atoms with E-state index in [2.05, 4.69) is 33.2 Å². The first-order valence-electron chi connectivity index (χ1n) is 4.77. The summed E-state index contributed by atoms with van der Waals surface area (Å²) in [5, 5.41) is 12.8. The lowest BCUT2D eigenvalue weighted by atomic mass is 10.3. The highest BCUT2D eigenvalue weighted by atomic mass is 79.9. The van der Waals surface area contributed by atoms with Crippen molar-refractivity contribution in [2.24, 2.45) is 0 Å². The zero-order chi connectivity index (χ0) is 11.1. The summed E-state index contributed by atoms with van der Waals surface area (Å²) in [5.74, 6) is 0. The molecule has 1 aromatic heterocycles. The van der Waals surface area contributed by atoms with Gasteiger partial charge in [0.05, 0.1) is 35.8 Å². The highest BCUT2D eigenvalue weighted by molar-refractivity contribution is 9.11. The van der Waals surface area contributed by atoms with Crippen molar-refractivity contribution in [3.63, 3.8) is 0 Å². The average Bonchev–Trinajstić information content (AvgIpc) is 2.64. The molecule has 0 bridgehead atoms. The number of hydrogen-bond acceptors (Lipinski definition) is 5. The second-order valence-electron chi connectivity index (χ2n) is 3.01. The van der Waals surface area contributed by atoms with Crippen LogP contribution in [0.4, 0.5) is 0 Å². The van der Waals surface area contributed by atoms with Crippen molar-refractivity contribution in [1.82, 2.24) is 10.3 Å². The third kappa shape index (κ3) is 5.03. The first-order valence-corrected chi connectivity index (χ1v) is 6.38. The summed E-state index contributed by atoms with van der Waals surface area (Å²) in [7, 11) is 0. The van der Waals surface area contributed by atoms with E-state index < -0.39 is 0 Å². The number of ether oxygens (including phenoxy) is 1. The van der Waals surface area contributed by atoms with Crippen LogP contribution in [0.25, 0.3) is 0 Å². The molecule has 4 nitrogen and oxygen atoms in total. The van der Waals surface area contributed by atoms with Crippen LogP contribution in [0.5, 0.6) is 0 Å². The van der Waals surface area contributed by atoms with Gasteiger partial charge in [-0.1, -0.05) is 0 Å². The van der Waals surface area contributed by atoms with Crippen molar-refractivity contribution in [2.75, 3.05) is 26.4 Å². The highest BCUT2D eigenvalue weighted by Crippen LogP contribution is 2.23. The van der Waals surface area contributed by atoms with Gasteiger partial charge < -0.3 is 15.2 Å². The monoisotopic (exact) mass is 294 g/mol. The predicted molar refractivity (Wildman–Crippen MR) is 64.1 cm³/mol. The smallest absolute Gasteiger partial charge is 0.110 e. The van der Waals surface area contributed by atoms with Crippen LogP contribution < -0.4 is 5.32 Å². The summed E-state index contributed by atoms with van der Waals surface area (Å²) in [5.41, 5.74) is 0. The van der Waals surface area contributed by atoms with Crippen molar-refractivity contribution in [3.05, 3.63) is 15.0 Å². The lowest BCUT2D eigenvalue weighted by Gasteiger charge is -2.10. The van der Waals surface area contributed by atoms with E-state index in [1.807, 2.05) is 0 Å². The second kappa shape index (κ2) is 7.29. The molecule has 1 heterocycles. The van der Waals surface area contributed by atoms with E-state index in [-0.39, 0.29) is 12.6 Å². The number of halogens is 1. The molecule has 1 aromatic rings. The molecular formula is C9H15BrN2O2S. The third-order valence-corrected chi connectivity index (χ3v) is 3.46. The molecule has 1 rings (SSSR count). The maximum atomic E-state index is 8.50. The average molecular weight is 295 g/mol. The van der Waals surface area contributed by atoms with Crippen LogP contribution in [0.2, 0.25) is 0 Å². The van der Waals surface area contributed by atoms with Gasteiger partial charge in [-0.15, -0.1) is 11.3 Å². The number of hydrogen-bond donors (Lipinski definition) is 2. The van der Waals surface area contributed by atoms with E-state index in [1.165, 1.54) is 0 Å². The van der Waals surface area contributed by atoms with Gasteiger partial charge in [-0.2, -0.15) is 0 Å². The fourth-order valence-corrected chi connectivity index (χ4v) is 2.34. The molecule has 0 aliphatic rings. The number of nitrogens with zero attached hydrogens (tertiary/aromatic N) is 1. The van der Waals surface area contributed by atoms with Gasteiger partial charge in [0, 0.05) is 6.54 Å². The van der Waals surface area contributed by atoms with Crippen LogP contribution in [0.15, 0.2) is 9.98 Å². The molecule has 86 valence electrons. The first-order chi connectivity index (χ1) is 7.24. The van der Waals surface area contributed by atoms with Crippen molar-refractivity contribution in [3.8, 4) is 0 Å². The minimum atomic E-state index is 0.0784. The number of rotatable bonds is 7. The van der Waals surface area contributed by atoms with Gasteiger partial charge in [-0.25, -0.2) is 4.98 Å². The summed E-state index contributed by atoms with van der Waals surface area (Å²) in [6.07, 6.45) is 1.81. The zero-order valence-electron chi connectivity index (χ0n) is 8.57. The molecule has 0 radical (unpaired) electrons. The third-order valence-electron chi connectivity index (χ3n) is 1.80. The standard InChI is InChI=1S/C9H15BrN2O2S/c1-7(9-12-6-8(10)15-9)11-2-4-14-5-3-13/h6-7,11,13H,2-5H2,1H3. The Kier molecular flexibility index (Phi) is 6.35. The minimum absolute atomic E-state index is 0.0784. The number of aliphatic hydroxyl groups is 1. The van der Waals surface area contributed by atoms with E-state index >= 15 is 0 Å². The number of nitrogens with one attached hydrogen (secondary N) is 1. The zero-order valence-corrected chi connectivity index (χ0v) is 11.0. The maximum absolute atomic E-state index is 8.50. The quantitative estimate of drug-likeness (QED) is 0.750. The Morgan fingerprint density at radius 2 is 2.47 bits per heavy atom. The van der Waals surface area contributed by atoms with Crippen LogP contribution in [-0.4, -0.2) is 36.5 Å². The van der Waals surface area contributed by atoms with Gasteiger partial charge in [-0.3, -0.25) is 0 Å². The minimum Gasteiger partial charge on any atom is -0.394 e. The molecule has 0 aromatic carbocycles. The van der Waals surface area contributed by atoms with E-state index in [1.54, 1.807) is 17.5 Å². The Bertz CT molecular complexity index is 283. The summed E-state index contributed by atoms with van der Waals surface area (Å²) >= 11 is 5.00. The largest absolute Gasteiger partial charge is 0.394 e. The summed E-state index contributed by atoms with van der Waals surface area (Å²) in [6, 6.07) is 0.235. The molecule has 6 heteroatoms. The Balaban J connectivity index is 2.16. The van der Waals surface area contributed by atoms with Crippen LogP contribution in [0, 0.1) is 0 Å². The molecule has 2 N–H and O–H groups in total. The lowest BCUT2D eigenvalue weighted by molar-refractivity contribution is 0.0928. The molecule has 0 aliphatic carbocycles. The summed E-state index contributed by atoms with van der Waals surface area (Å²) in [6.45, 7) is 3.92. The van der Waals surface area contributed by atoms with E-state index in [9.17, 15) is 0 Å². The van der Waals surface area contributed by atoms with E-state index in [0.717, 1.165) is 15.3 Å². The molecule has 0 aliphatic heterocycles. The molecule has 1 unspecified atom stereocenters. The van der Waals surface area contributed by atoms with Crippen molar-refractivity contribution in [1.29, 1.82) is 0 Å². The lowest BCUT2D eigenvalue weighted by Crippen LogP contribution is -2.23. The molecule has 0 saturated carbocycles. The fourth-order valence-electron chi connectivity index (χ4n) is 1.07. The molecule has 0 spiro atoms. The highest BCUT2D eigenvalue weighted by Gasteiger charge is 2.08. The number of thiazole rings is 1. The number of aliphatic hydroxyl groups excluding tert-OH is 1. The normalized spacial score (nSPS) is 13.0. The van der Waals surface area contributed by atoms with Crippen LogP contribution in [-0.2, 0) is 4.74 Å². The summed E-state index contributed by atoms with van der Waals surface area (Å²) < 4.78 is 6.18. The van der Waals surface area contributed by atoms with E-state index in [4.69, 9.17) is 9.84 Å². The Morgan fingerprint density at radius 1 is 1.67 bits per heavy atom. The van der Waals surface area contributed by atoms with E-state index in [0.29, 0.717) is 13.2 Å². The predicted octanol–water partition coefficient (Wildman–Crippen LogP) is 1.57. The van der Waals surface area contributed by atoms with Crippen LogP contribution in [0.3, 0.4) is 0 Å². The molecule has 15 heavy (non-hydrogen) atoms. The van der Waals surface area contributed by atoms with Crippen LogP contribution >= 0.6 is 27.3 Å². The van der Waals surface area contributed by atoms with Gasteiger partial charge in [0.2, 0.25) is 0 Å². The van der Waals surface area contributed by atoms with Crippen molar-refractivity contribution < 1.29 is 9.84 Å². The van der Waals surface area contributed by atoms with Gasteiger partial charge in [0.1, 0.15) is 5.01 Å².